The highest BCUT2D eigenvalue weighted by Gasteiger charge is 2.33. The van der Waals surface area contributed by atoms with Crippen LogP contribution in [0.2, 0.25) is 0 Å². The number of hydrogen-bond acceptors (Lipinski definition) is 7. The molecular weight excluding hydrogens is 374 g/mol. The number of aryl methyl sites for hydroxylation is 1. The van der Waals surface area contributed by atoms with Crippen LogP contribution in [-0.4, -0.2) is 59.3 Å². The van der Waals surface area contributed by atoms with Crippen molar-refractivity contribution in [2.24, 2.45) is 0 Å². The Morgan fingerprint density at radius 3 is 2.65 bits per heavy atom. The lowest BCUT2D eigenvalue weighted by Gasteiger charge is -2.26. The second-order valence-electron chi connectivity index (χ2n) is 6.26. The van der Waals surface area contributed by atoms with Gasteiger partial charge in [0.05, 0.1) is 17.3 Å². The number of amides is 1. The molecule has 0 spiro atoms. The highest BCUT2D eigenvalue weighted by molar-refractivity contribution is 7.99. The molecule has 140 valence electrons. The lowest BCUT2D eigenvalue weighted by Crippen LogP contribution is -2.41. The first-order chi connectivity index (χ1) is 12.4. The molecule has 0 aliphatic carbocycles. The zero-order chi connectivity index (χ0) is 18.7. The fourth-order valence-corrected chi connectivity index (χ4v) is 5.33. The highest BCUT2D eigenvalue weighted by atomic mass is 32.2. The van der Waals surface area contributed by atoms with E-state index in [1.807, 2.05) is 38.1 Å². The molecule has 0 saturated carbocycles. The molecule has 0 N–H and O–H groups in total. The summed E-state index contributed by atoms with van der Waals surface area (Å²) in [6.45, 7) is 4.34. The summed E-state index contributed by atoms with van der Waals surface area (Å²) in [5.41, 5.74) is 1.97. The van der Waals surface area contributed by atoms with Crippen molar-refractivity contribution in [3.8, 4) is 11.5 Å². The van der Waals surface area contributed by atoms with Gasteiger partial charge in [-0.1, -0.05) is 29.5 Å². The number of nitrogens with zero attached hydrogens (tertiary/aromatic N) is 3. The van der Waals surface area contributed by atoms with Crippen LogP contribution in [0.5, 0.6) is 0 Å². The van der Waals surface area contributed by atoms with E-state index in [1.165, 1.54) is 11.8 Å². The van der Waals surface area contributed by atoms with Crippen LogP contribution in [0.4, 0.5) is 0 Å². The Kier molecular flexibility index (Phi) is 5.67. The SMILES string of the molecule is CCN(C(=O)CSc1nnc(-c2ccc(C)cc2)o1)[C@H]1CCS(=O)(=O)C1. The quantitative estimate of drug-likeness (QED) is 0.692. The van der Waals surface area contributed by atoms with Gasteiger partial charge in [0.2, 0.25) is 11.8 Å². The van der Waals surface area contributed by atoms with Gasteiger partial charge < -0.3 is 9.32 Å². The molecule has 1 aliphatic heterocycles. The maximum Gasteiger partial charge on any atom is 0.277 e. The van der Waals surface area contributed by atoms with Gasteiger partial charge in [0.15, 0.2) is 9.84 Å². The zero-order valence-corrected chi connectivity index (χ0v) is 16.3. The molecule has 9 heteroatoms. The standard InChI is InChI=1S/C17H21N3O4S2/c1-3-20(14-8-9-26(22,23)11-14)15(21)10-25-17-19-18-16(24-17)13-6-4-12(2)5-7-13/h4-7,14H,3,8-11H2,1-2H3/t14-/m0/s1. The third-order valence-electron chi connectivity index (χ3n) is 4.33. The van der Waals surface area contributed by atoms with Gasteiger partial charge in [0.1, 0.15) is 0 Å². The number of benzene rings is 1. The Balaban J connectivity index is 1.60. The maximum absolute atomic E-state index is 12.5. The van der Waals surface area contributed by atoms with Gasteiger partial charge in [-0.2, -0.15) is 0 Å². The molecule has 7 nitrogen and oxygen atoms in total. The normalized spacial score (nSPS) is 18.8. The molecule has 1 fully saturated rings. The van der Waals surface area contributed by atoms with Gasteiger partial charge in [0.25, 0.3) is 5.22 Å². The van der Waals surface area contributed by atoms with Crippen LogP contribution in [0.1, 0.15) is 18.9 Å². The minimum atomic E-state index is -3.02. The number of carbonyl (C=O) groups is 1. The second-order valence-corrected chi connectivity index (χ2v) is 9.42. The summed E-state index contributed by atoms with van der Waals surface area (Å²) in [5, 5.41) is 8.31. The van der Waals surface area contributed by atoms with Gasteiger partial charge in [-0.15, -0.1) is 10.2 Å². The molecular formula is C17H21N3O4S2. The van der Waals surface area contributed by atoms with E-state index in [0.717, 1.165) is 11.1 Å². The summed E-state index contributed by atoms with van der Waals surface area (Å²) in [5.74, 6) is 0.636. The molecule has 1 saturated heterocycles. The third kappa shape index (κ3) is 4.45. The van der Waals surface area contributed by atoms with Crippen LogP contribution < -0.4 is 0 Å². The molecule has 2 heterocycles. The molecule has 2 aromatic rings. The van der Waals surface area contributed by atoms with Crippen molar-refractivity contribution >= 4 is 27.5 Å². The van der Waals surface area contributed by atoms with E-state index in [1.54, 1.807) is 4.90 Å². The predicted octanol–water partition coefficient (Wildman–Crippen LogP) is 2.17. The molecule has 1 aromatic heterocycles. The monoisotopic (exact) mass is 395 g/mol. The predicted molar refractivity (Wildman–Crippen MR) is 99.6 cm³/mol. The van der Waals surface area contributed by atoms with Crippen molar-refractivity contribution < 1.29 is 17.6 Å². The topological polar surface area (TPSA) is 93.4 Å². The summed E-state index contributed by atoms with van der Waals surface area (Å²) in [6.07, 6.45) is 0.505. The Hall–Kier alpha value is -1.87. The van der Waals surface area contributed by atoms with Crippen molar-refractivity contribution in [2.45, 2.75) is 31.5 Å². The Labute approximate surface area is 157 Å². The summed E-state index contributed by atoms with van der Waals surface area (Å²) in [7, 11) is -3.02. The fourth-order valence-electron chi connectivity index (χ4n) is 2.95. The lowest BCUT2D eigenvalue weighted by atomic mass is 10.1. The third-order valence-corrected chi connectivity index (χ3v) is 6.89. The molecule has 3 rings (SSSR count). The van der Waals surface area contributed by atoms with E-state index >= 15 is 0 Å². The van der Waals surface area contributed by atoms with Crippen LogP contribution in [0, 0.1) is 6.92 Å². The number of carbonyl (C=O) groups excluding carboxylic acids is 1. The van der Waals surface area contributed by atoms with Crippen molar-refractivity contribution in [1.29, 1.82) is 0 Å². The van der Waals surface area contributed by atoms with E-state index < -0.39 is 9.84 Å². The van der Waals surface area contributed by atoms with Gasteiger partial charge in [-0.3, -0.25) is 4.79 Å². The fraction of sp³-hybridized carbons (Fsp3) is 0.471. The van der Waals surface area contributed by atoms with E-state index in [4.69, 9.17) is 4.42 Å². The molecule has 1 aliphatic rings. The van der Waals surface area contributed by atoms with Crippen LogP contribution in [0.25, 0.3) is 11.5 Å². The number of sulfone groups is 1. The van der Waals surface area contributed by atoms with Crippen molar-refractivity contribution in [3.05, 3.63) is 29.8 Å². The smallest absolute Gasteiger partial charge is 0.277 e. The average molecular weight is 396 g/mol. The summed E-state index contributed by atoms with van der Waals surface area (Å²) in [4.78, 5) is 14.1. The Morgan fingerprint density at radius 1 is 1.31 bits per heavy atom. The highest BCUT2D eigenvalue weighted by Crippen LogP contribution is 2.24. The zero-order valence-electron chi connectivity index (χ0n) is 14.7. The second kappa shape index (κ2) is 7.79. The van der Waals surface area contributed by atoms with E-state index in [-0.39, 0.29) is 29.2 Å². The first-order valence-corrected chi connectivity index (χ1v) is 11.2. The molecule has 0 unspecified atom stereocenters. The van der Waals surface area contributed by atoms with Gasteiger partial charge >= 0.3 is 0 Å². The van der Waals surface area contributed by atoms with E-state index in [2.05, 4.69) is 10.2 Å². The van der Waals surface area contributed by atoms with Crippen LogP contribution >= 0.6 is 11.8 Å². The summed E-state index contributed by atoms with van der Waals surface area (Å²) >= 11 is 1.17. The molecule has 1 atom stereocenters. The first-order valence-electron chi connectivity index (χ1n) is 8.41. The van der Waals surface area contributed by atoms with E-state index in [9.17, 15) is 13.2 Å². The molecule has 1 aromatic carbocycles. The van der Waals surface area contributed by atoms with Gasteiger partial charge in [0, 0.05) is 18.2 Å². The molecule has 0 radical (unpaired) electrons. The largest absolute Gasteiger partial charge is 0.411 e. The number of aromatic nitrogens is 2. The minimum Gasteiger partial charge on any atom is -0.411 e. The number of thioether (sulfide) groups is 1. The Morgan fingerprint density at radius 2 is 2.04 bits per heavy atom. The number of rotatable bonds is 6. The maximum atomic E-state index is 12.5. The minimum absolute atomic E-state index is 0.0510. The van der Waals surface area contributed by atoms with Crippen molar-refractivity contribution in [2.75, 3.05) is 23.8 Å². The summed E-state index contributed by atoms with van der Waals surface area (Å²) in [6, 6.07) is 7.50. The number of hydrogen-bond donors (Lipinski definition) is 0. The van der Waals surface area contributed by atoms with E-state index in [0.29, 0.717) is 24.1 Å². The first kappa shape index (κ1) is 18.9. The van der Waals surface area contributed by atoms with Crippen LogP contribution in [-0.2, 0) is 14.6 Å². The summed E-state index contributed by atoms with van der Waals surface area (Å²) < 4.78 is 28.9. The molecule has 26 heavy (non-hydrogen) atoms. The van der Waals surface area contributed by atoms with Crippen LogP contribution in [0.3, 0.4) is 0 Å². The van der Waals surface area contributed by atoms with Gasteiger partial charge in [-0.25, -0.2) is 8.42 Å². The molecule has 1 amide bonds. The Bertz CT molecular complexity index is 878. The lowest BCUT2D eigenvalue weighted by molar-refractivity contribution is -0.129. The van der Waals surface area contributed by atoms with Gasteiger partial charge in [-0.05, 0) is 32.4 Å². The average Bonchev–Trinajstić information content (AvgIpc) is 3.21. The van der Waals surface area contributed by atoms with Crippen molar-refractivity contribution in [3.63, 3.8) is 0 Å². The van der Waals surface area contributed by atoms with Crippen molar-refractivity contribution in [1.82, 2.24) is 15.1 Å². The van der Waals surface area contributed by atoms with Crippen LogP contribution in [0.15, 0.2) is 33.9 Å². The molecule has 0 bridgehead atoms.